The smallest absolute Gasteiger partial charge is 0.168 e. The van der Waals surface area contributed by atoms with Crippen LogP contribution >= 0.6 is 11.6 Å². The number of hydrogen-bond donors (Lipinski definition) is 0. The SMILES string of the molecule is Clc1cnccc1COC1CCC2(CC1)OCCO2. The lowest BCUT2D eigenvalue weighted by Gasteiger charge is -2.35. The maximum Gasteiger partial charge on any atom is 0.168 e. The Morgan fingerprint density at radius 2 is 2.05 bits per heavy atom. The normalized spacial score (nSPS) is 23.0. The summed E-state index contributed by atoms with van der Waals surface area (Å²) < 4.78 is 17.3. The summed E-state index contributed by atoms with van der Waals surface area (Å²) in [5.41, 5.74) is 0.991. The van der Waals surface area contributed by atoms with Gasteiger partial charge in [0.05, 0.1) is 30.9 Å². The molecule has 5 heteroatoms. The van der Waals surface area contributed by atoms with E-state index in [0.29, 0.717) is 11.6 Å². The van der Waals surface area contributed by atoms with Crippen LogP contribution in [0.2, 0.25) is 5.02 Å². The number of rotatable bonds is 3. The van der Waals surface area contributed by atoms with Crippen molar-refractivity contribution >= 4 is 11.6 Å². The highest BCUT2D eigenvalue weighted by molar-refractivity contribution is 6.31. The summed E-state index contributed by atoms with van der Waals surface area (Å²) in [6.07, 6.45) is 7.44. The van der Waals surface area contributed by atoms with Gasteiger partial charge in [0.1, 0.15) is 0 Å². The van der Waals surface area contributed by atoms with E-state index in [1.54, 1.807) is 12.4 Å². The molecule has 1 saturated heterocycles. The van der Waals surface area contributed by atoms with Gasteiger partial charge < -0.3 is 14.2 Å². The number of pyridine rings is 1. The molecule has 1 aliphatic heterocycles. The Morgan fingerprint density at radius 3 is 2.74 bits per heavy atom. The monoisotopic (exact) mass is 283 g/mol. The summed E-state index contributed by atoms with van der Waals surface area (Å²) in [7, 11) is 0. The van der Waals surface area contributed by atoms with Crippen molar-refractivity contribution in [2.24, 2.45) is 0 Å². The first-order valence-corrected chi connectivity index (χ1v) is 7.13. The van der Waals surface area contributed by atoms with Crippen LogP contribution in [0, 0.1) is 0 Å². The quantitative estimate of drug-likeness (QED) is 0.855. The van der Waals surface area contributed by atoms with Crippen molar-refractivity contribution in [2.75, 3.05) is 13.2 Å². The van der Waals surface area contributed by atoms with Crippen molar-refractivity contribution in [3.63, 3.8) is 0 Å². The summed E-state index contributed by atoms with van der Waals surface area (Å²) in [6, 6.07) is 1.90. The van der Waals surface area contributed by atoms with Crippen molar-refractivity contribution in [3.8, 4) is 0 Å². The van der Waals surface area contributed by atoms with Crippen molar-refractivity contribution < 1.29 is 14.2 Å². The first kappa shape index (κ1) is 13.3. The van der Waals surface area contributed by atoms with Crippen molar-refractivity contribution in [3.05, 3.63) is 29.0 Å². The van der Waals surface area contributed by atoms with Crippen molar-refractivity contribution in [2.45, 2.75) is 44.2 Å². The van der Waals surface area contributed by atoms with Gasteiger partial charge in [0.25, 0.3) is 0 Å². The first-order chi connectivity index (χ1) is 9.27. The molecule has 1 saturated carbocycles. The van der Waals surface area contributed by atoms with E-state index in [0.717, 1.165) is 44.5 Å². The molecule has 2 aliphatic rings. The molecule has 2 fully saturated rings. The number of ether oxygens (including phenoxy) is 3. The van der Waals surface area contributed by atoms with Crippen molar-refractivity contribution in [1.82, 2.24) is 4.98 Å². The average Bonchev–Trinajstić information content (AvgIpc) is 2.88. The molecule has 104 valence electrons. The van der Waals surface area contributed by atoms with Crippen LogP contribution in [0.4, 0.5) is 0 Å². The van der Waals surface area contributed by atoms with E-state index in [-0.39, 0.29) is 11.9 Å². The van der Waals surface area contributed by atoms with Gasteiger partial charge in [-0.15, -0.1) is 0 Å². The first-order valence-electron chi connectivity index (χ1n) is 6.75. The van der Waals surface area contributed by atoms with Crippen molar-refractivity contribution in [1.29, 1.82) is 0 Å². The van der Waals surface area contributed by atoms with E-state index >= 15 is 0 Å². The second-order valence-corrected chi connectivity index (χ2v) is 5.49. The Hall–Kier alpha value is -0.680. The number of hydrogen-bond acceptors (Lipinski definition) is 4. The third-order valence-corrected chi connectivity index (χ3v) is 4.18. The molecule has 2 heterocycles. The van der Waals surface area contributed by atoms with Gasteiger partial charge in [-0.1, -0.05) is 11.6 Å². The van der Waals surface area contributed by atoms with Gasteiger partial charge in [-0.25, -0.2) is 0 Å². The predicted octanol–water partition coefficient (Wildman–Crippen LogP) is 2.94. The summed E-state index contributed by atoms with van der Waals surface area (Å²) in [5, 5.41) is 0.664. The minimum Gasteiger partial charge on any atom is -0.373 e. The minimum atomic E-state index is -0.311. The van der Waals surface area contributed by atoms with Crippen LogP contribution in [0.25, 0.3) is 0 Å². The molecule has 0 amide bonds. The molecule has 0 aromatic carbocycles. The van der Waals surface area contributed by atoms with Gasteiger partial charge in [0, 0.05) is 25.2 Å². The topological polar surface area (TPSA) is 40.6 Å². The molecule has 1 aromatic heterocycles. The van der Waals surface area contributed by atoms with Crippen LogP contribution < -0.4 is 0 Å². The highest BCUT2D eigenvalue weighted by Crippen LogP contribution is 2.37. The van der Waals surface area contributed by atoms with E-state index in [1.165, 1.54) is 0 Å². The Kier molecular flexibility index (Phi) is 4.03. The van der Waals surface area contributed by atoms with Gasteiger partial charge in [-0.3, -0.25) is 4.98 Å². The molecular formula is C14H18ClNO3. The van der Waals surface area contributed by atoms with Crippen LogP contribution in [0.3, 0.4) is 0 Å². The van der Waals surface area contributed by atoms with E-state index in [9.17, 15) is 0 Å². The average molecular weight is 284 g/mol. The molecule has 0 bridgehead atoms. The molecule has 0 unspecified atom stereocenters. The largest absolute Gasteiger partial charge is 0.373 e. The fourth-order valence-electron chi connectivity index (χ4n) is 2.71. The molecule has 1 spiro atoms. The number of nitrogens with zero attached hydrogens (tertiary/aromatic N) is 1. The van der Waals surface area contributed by atoms with Gasteiger partial charge in [-0.2, -0.15) is 0 Å². The van der Waals surface area contributed by atoms with Gasteiger partial charge in [-0.05, 0) is 24.5 Å². The zero-order valence-electron chi connectivity index (χ0n) is 10.8. The van der Waals surface area contributed by atoms with Gasteiger partial charge in [0.15, 0.2) is 5.79 Å². The summed E-state index contributed by atoms with van der Waals surface area (Å²) in [4.78, 5) is 3.97. The van der Waals surface area contributed by atoms with Crippen LogP contribution in [0.15, 0.2) is 18.5 Å². The Bertz CT molecular complexity index is 424. The Labute approximate surface area is 118 Å². The lowest BCUT2D eigenvalue weighted by atomic mass is 9.92. The van der Waals surface area contributed by atoms with E-state index in [4.69, 9.17) is 25.8 Å². The Balaban J connectivity index is 1.49. The zero-order valence-corrected chi connectivity index (χ0v) is 11.6. The van der Waals surface area contributed by atoms with Gasteiger partial charge >= 0.3 is 0 Å². The van der Waals surface area contributed by atoms with E-state index in [2.05, 4.69) is 4.98 Å². The maximum atomic E-state index is 6.06. The highest BCUT2D eigenvalue weighted by atomic mass is 35.5. The van der Waals surface area contributed by atoms with Crippen LogP contribution in [0.5, 0.6) is 0 Å². The zero-order chi connectivity index (χ0) is 13.1. The molecule has 0 atom stereocenters. The van der Waals surface area contributed by atoms with Gasteiger partial charge in [0.2, 0.25) is 0 Å². The lowest BCUT2D eigenvalue weighted by Crippen LogP contribution is -2.37. The molecular weight excluding hydrogens is 266 g/mol. The highest BCUT2D eigenvalue weighted by Gasteiger charge is 2.40. The molecule has 4 nitrogen and oxygen atoms in total. The van der Waals surface area contributed by atoms with Crippen LogP contribution in [-0.4, -0.2) is 30.1 Å². The summed E-state index contributed by atoms with van der Waals surface area (Å²) >= 11 is 6.06. The van der Waals surface area contributed by atoms with E-state index in [1.807, 2.05) is 6.07 Å². The summed E-state index contributed by atoms with van der Waals surface area (Å²) in [6.45, 7) is 1.98. The molecule has 0 N–H and O–H groups in total. The van der Waals surface area contributed by atoms with Crippen LogP contribution in [0.1, 0.15) is 31.2 Å². The van der Waals surface area contributed by atoms with Crippen LogP contribution in [-0.2, 0) is 20.8 Å². The lowest BCUT2D eigenvalue weighted by molar-refractivity contribution is -0.192. The minimum absolute atomic E-state index is 0.266. The molecule has 0 radical (unpaired) electrons. The molecule has 19 heavy (non-hydrogen) atoms. The Morgan fingerprint density at radius 1 is 1.32 bits per heavy atom. The third-order valence-electron chi connectivity index (χ3n) is 3.84. The second-order valence-electron chi connectivity index (χ2n) is 5.09. The number of aromatic nitrogens is 1. The van der Waals surface area contributed by atoms with E-state index < -0.39 is 0 Å². The number of halogens is 1. The molecule has 1 aliphatic carbocycles. The maximum absolute atomic E-state index is 6.06. The predicted molar refractivity (Wildman–Crippen MR) is 70.9 cm³/mol. The molecule has 1 aromatic rings. The third kappa shape index (κ3) is 3.08. The fourth-order valence-corrected chi connectivity index (χ4v) is 2.89. The second kappa shape index (κ2) is 5.75. The molecule has 3 rings (SSSR count). The fraction of sp³-hybridized carbons (Fsp3) is 0.643. The summed E-state index contributed by atoms with van der Waals surface area (Å²) in [5.74, 6) is -0.311. The standard InChI is InChI=1S/C14H18ClNO3/c15-13-9-16-6-3-11(13)10-17-12-1-4-14(5-2-12)18-7-8-19-14/h3,6,9,12H,1-2,4-5,7-8,10H2.